The van der Waals surface area contributed by atoms with E-state index in [1.165, 1.54) is 22.2 Å². The maximum atomic E-state index is 2.28. The molecule has 68 valence electrons. The first-order chi connectivity index (χ1) is 6.22. The normalized spacial score (nSPS) is 11.0. The third-order valence-electron chi connectivity index (χ3n) is 2.66. The largest absolute Gasteiger partial charge is 0.348 e. The molecule has 0 aliphatic carbocycles. The Kier molecular flexibility index (Phi) is 1.87. The standard InChI is InChI=1S/C12H15N/c1-4-11-8-10-7-9(2)5-6-12(10)13(11)3/h5-8H,4H2,1-3H3. The van der Waals surface area contributed by atoms with Gasteiger partial charge >= 0.3 is 0 Å². The van der Waals surface area contributed by atoms with E-state index < -0.39 is 0 Å². The molecule has 0 saturated carbocycles. The van der Waals surface area contributed by atoms with Crippen LogP contribution < -0.4 is 0 Å². The second-order valence-corrected chi connectivity index (χ2v) is 3.61. The van der Waals surface area contributed by atoms with E-state index in [0.29, 0.717) is 0 Å². The fraction of sp³-hybridized carbons (Fsp3) is 0.333. The van der Waals surface area contributed by atoms with Gasteiger partial charge in [-0.25, -0.2) is 0 Å². The number of hydrogen-bond donors (Lipinski definition) is 0. The lowest BCUT2D eigenvalue weighted by Gasteiger charge is -2.00. The van der Waals surface area contributed by atoms with E-state index in [1.54, 1.807) is 0 Å². The third-order valence-corrected chi connectivity index (χ3v) is 2.66. The van der Waals surface area contributed by atoms with Gasteiger partial charge in [0, 0.05) is 23.6 Å². The van der Waals surface area contributed by atoms with E-state index in [1.807, 2.05) is 0 Å². The Labute approximate surface area is 79.0 Å². The quantitative estimate of drug-likeness (QED) is 0.624. The molecule has 1 nitrogen and oxygen atoms in total. The number of benzene rings is 1. The van der Waals surface area contributed by atoms with Gasteiger partial charge in [-0.05, 0) is 31.5 Å². The second-order valence-electron chi connectivity index (χ2n) is 3.61. The Morgan fingerprint density at radius 3 is 2.69 bits per heavy atom. The average Bonchev–Trinajstić information content (AvgIpc) is 2.42. The zero-order chi connectivity index (χ0) is 9.42. The van der Waals surface area contributed by atoms with Crippen molar-refractivity contribution in [3.8, 4) is 0 Å². The minimum absolute atomic E-state index is 1.10. The Morgan fingerprint density at radius 2 is 2.00 bits per heavy atom. The molecule has 1 aromatic carbocycles. The fourth-order valence-corrected chi connectivity index (χ4v) is 1.87. The molecule has 0 radical (unpaired) electrons. The molecule has 1 heterocycles. The van der Waals surface area contributed by atoms with Crippen molar-refractivity contribution in [2.24, 2.45) is 7.05 Å². The van der Waals surface area contributed by atoms with Gasteiger partial charge in [-0.3, -0.25) is 0 Å². The molecule has 1 aromatic heterocycles. The van der Waals surface area contributed by atoms with Crippen LogP contribution in [0.4, 0.5) is 0 Å². The maximum Gasteiger partial charge on any atom is 0.0480 e. The Balaban J connectivity index is 2.76. The number of fused-ring (bicyclic) bond motifs is 1. The van der Waals surface area contributed by atoms with Gasteiger partial charge in [0.1, 0.15) is 0 Å². The summed E-state index contributed by atoms with van der Waals surface area (Å²) >= 11 is 0. The molecule has 0 N–H and O–H groups in total. The Bertz CT molecular complexity index is 438. The Morgan fingerprint density at radius 1 is 1.23 bits per heavy atom. The van der Waals surface area contributed by atoms with E-state index in [4.69, 9.17) is 0 Å². The molecular weight excluding hydrogens is 158 g/mol. The van der Waals surface area contributed by atoms with Crippen LogP contribution in [0.5, 0.6) is 0 Å². The first-order valence-electron chi connectivity index (χ1n) is 4.77. The molecule has 0 fully saturated rings. The van der Waals surface area contributed by atoms with Crippen molar-refractivity contribution in [1.29, 1.82) is 0 Å². The maximum absolute atomic E-state index is 2.28. The van der Waals surface area contributed by atoms with Crippen LogP contribution in [0.15, 0.2) is 24.3 Å². The molecule has 0 spiro atoms. The zero-order valence-corrected chi connectivity index (χ0v) is 8.46. The van der Waals surface area contributed by atoms with Crippen LogP contribution in [0, 0.1) is 6.92 Å². The average molecular weight is 173 g/mol. The molecule has 0 aliphatic heterocycles. The SMILES string of the molecule is CCc1cc2cc(C)ccc2n1C. The van der Waals surface area contributed by atoms with Crippen LogP contribution >= 0.6 is 0 Å². The van der Waals surface area contributed by atoms with Crippen LogP contribution in [0.25, 0.3) is 10.9 Å². The van der Waals surface area contributed by atoms with Crippen molar-refractivity contribution in [2.75, 3.05) is 0 Å². The number of nitrogens with zero attached hydrogens (tertiary/aromatic N) is 1. The molecule has 0 atom stereocenters. The summed E-state index contributed by atoms with van der Waals surface area (Å²) < 4.78 is 2.27. The van der Waals surface area contributed by atoms with E-state index in [9.17, 15) is 0 Å². The molecule has 0 amide bonds. The zero-order valence-electron chi connectivity index (χ0n) is 8.46. The molecular formula is C12H15N. The number of aromatic nitrogens is 1. The molecule has 1 heteroatoms. The topological polar surface area (TPSA) is 4.93 Å². The van der Waals surface area contributed by atoms with Crippen LogP contribution in [-0.2, 0) is 13.5 Å². The predicted molar refractivity (Wildman–Crippen MR) is 57.0 cm³/mol. The van der Waals surface area contributed by atoms with Crippen LogP contribution in [0.2, 0.25) is 0 Å². The molecule has 0 bridgehead atoms. The first kappa shape index (κ1) is 8.36. The summed E-state index contributed by atoms with van der Waals surface area (Å²) in [5.74, 6) is 0. The molecule has 0 unspecified atom stereocenters. The van der Waals surface area contributed by atoms with Gasteiger partial charge in [0.2, 0.25) is 0 Å². The van der Waals surface area contributed by atoms with Crippen LogP contribution in [0.3, 0.4) is 0 Å². The van der Waals surface area contributed by atoms with Crippen molar-refractivity contribution in [2.45, 2.75) is 20.3 Å². The Hall–Kier alpha value is -1.24. The summed E-state index contributed by atoms with van der Waals surface area (Å²) in [5, 5.41) is 1.36. The van der Waals surface area contributed by atoms with Gasteiger partial charge in [-0.15, -0.1) is 0 Å². The minimum atomic E-state index is 1.10. The van der Waals surface area contributed by atoms with Gasteiger partial charge in [-0.2, -0.15) is 0 Å². The summed E-state index contributed by atoms with van der Waals surface area (Å²) in [6.07, 6.45) is 1.10. The highest BCUT2D eigenvalue weighted by atomic mass is 14.9. The van der Waals surface area contributed by atoms with E-state index in [0.717, 1.165) is 6.42 Å². The number of aryl methyl sites for hydroxylation is 3. The fourth-order valence-electron chi connectivity index (χ4n) is 1.87. The van der Waals surface area contributed by atoms with Crippen molar-refractivity contribution in [3.63, 3.8) is 0 Å². The number of rotatable bonds is 1. The molecule has 2 aromatic rings. The summed E-state index contributed by atoms with van der Waals surface area (Å²) in [7, 11) is 2.14. The lowest BCUT2D eigenvalue weighted by Crippen LogP contribution is -1.92. The second kappa shape index (κ2) is 2.91. The van der Waals surface area contributed by atoms with Crippen molar-refractivity contribution >= 4 is 10.9 Å². The molecule has 2 rings (SSSR count). The predicted octanol–water partition coefficient (Wildman–Crippen LogP) is 3.05. The molecule has 0 aliphatic rings. The van der Waals surface area contributed by atoms with Crippen LogP contribution in [-0.4, -0.2) is 4.57 Å². The van der Waals surface area contributed by atoms with Crippen molar-refractivity contribution in [3.05, 3.63) is 35.5 Å². The molecule has 13 heavy (non-hydrogen) atoms. The summed E-state index contributed by atoms with van der Waals surface area (Å²) in [5.41, 5.74) is 4.07. The first-order valence-corrected chi connectivity index (χ1v) is 4.77. The van der Waals surface area contributed by atoms with Gasteiger partial charge in [0.25, 0.3) is 0 Å². The van der Waals surface area contributed by atoms with Crippen LogP contribution in [0.1, 0.15) is 18.2 Å². The lowest BCUT2D eigenvalue weighted by molar-refractivity contribution is 0.865. The van der Waals surface area contributed by atoms with Gasteiger partial charge in [0.05, 0.1) is 0 Å². The summed E-state index contributed by atoms with van der Waals surface area (Å²) in [6.45, 7) is 4.33. The summed E-state index contributed by atoms with van der Waals surface area (Å²) in [6, 6.07) is 8.89. The number of hydrogen-bond acceptors (Lipinski definition) is 0. The monoisotopic (exact) mass is 173 g/mol. The smallest absolute Gasteiger partial charge is 0.0480 e. The molecule has 0 saturated heterocycles. The van der Waals surface area contributed by atoms with Gasteiger partial charge < -0.3 is 4.57 Å². The minimum Gasteiger partial charge on any atom is -0.348 e. The lowest BCUT2D eigenvalue weighted by atomic mass is 10.2. The highest BCUT2D eigenvalue weighted by Crippen LogP contribution is 2.20. The van der Waals surface area contributed by atoms with Gasteiger partial charge in [0.15, 0.2) is 0 Å². The summed E-state index contributed by atoms with van der Waals surface area (Å²) in [4.78, 5) is 0. The van der Waals surface area contributed by atoms with E-state index in [-0.39, 0.29) is 0 Å². The van der Waals surface area contributed by atoms with Crippen molar-refractivity contribution < 1.29 is 0 Å². The van der Waals surface area contributed by atoms with E-state index >= 15 is 0 Å². The highest BCUT2D eigenvalue weighted by molar-refractivity contribution is 5.82. The van der Waals surface area contributed by atoms with Gasteiger partial charge in [-0.1, -0.05) is 18.6 Å². The van der Waals surface area contributed by atoms with Crippen molar-refractivity contribution in [1.82, 2.24) is 4.57 Å². The highest BCUT2D eigenvalue weighted by Gasteiger charge is 2.02. The third kappa shape index (κ3) is 1.24. The van der Waals surface area contributed by atoms with E-state index in [2.05, 4.69) is 49.7 Å².